The highest BCUT2D eigenvalue weighted by molar-refractivity contribution is 7.92. The summed E-state index contributed by atoms with van der Waals surface area (Å²) in [6.07, 6.45) is 16.1. The maximum atomic E-state index is 15.4. The molecule has 2 N–H and O–H groups in total. The number of nitrogens with one attached hydrogen (secondary N) is 2. The Labute approximate surface area is 289 Å². The fraction of sp³-hybridized carbons (Fsp3) is 0.789. The van der Waals surface area contributed by atoms with Crippen molar-refractivity contribution in [2.75, 3.05) is 18.8 Å². The molecule has 3 saturated carbocycles. The molecule has 0 radical (unpaired) electrons. The Kier molecular flexibility index (Phi) is 11.3. The molecular formula is C38H59N3O6S. The smallest absolute Gasteiger partial charge is 0.289 e. The Morgan fingerprint density at radius 1 is 1.00 bits per heavy atom. The lowest BCUT2D eigenvalue weighted by molar-refractivity contribution is -0.156. The number of likely N-dealkylation sites (tertiary alicyclic amines) is 1. The van der Waals surface area contributed by atoms with Crippen LogP contribution in [0.3, 0.4) is 0 Å². The number of rotatable bonds is 13. The standard InChI is InChI=1S/C38H59N3O6S/c1-9-11-18-27(30(42)33(44)39-23-10-2)40-32(43)29-28-26(36(28,6)7)24-41(29)34(45)31(37(8)19-14-12-15-20-37)38(21-16-13-17-22-38)25-48(46,47)35(3,4)5/h1,10,26-29,31H,2,11-25H2,3-8H3,(H,39,44)(H,40,43)/t26-,27?,28?,29-,31?/m0/s1. The predicted molar refractivity (Wildman–Crippen MR) is 188 cm³/mol. The third kappa shape index (κ3) is 7.41. The number of terminal acetylenes is 1. The van der Waals surface area contributed by atoms with Gasteiger partial charge in [-0.3, -0.25) is 19.2 Å². The predicted octanol–water partition coefficient (Wildman–Crippen LogP) is 4.99. The Hall–Kier alpha value is -2.67. The third-order valence-corrected chi connectivity index (χ3v) is 15.2. The van der Waals surface area contributed by atoms with E-state index in [2.05, 4.69) is 43.9 Å². The van der Waals surface area contributed by atoms with Crippen molar-refractivity contribution in [3.8, 4) is 12.3 Å². The Balaban J connectivity index is 1.74. The monoisotopic (exact) mass is 685 g/mol. The number of fused-ring (bicyclic) bond motifs is 1. The number of carbonyl (C=O) groups is 4. The van der Waals surface area contributed by atoms with E-state index in [-0.39, 0.29) is 48.3 Å². The van der Waals surface area contributed by atoms with Gasteiger partial charge in [0, 0.05) is 19.5 Å². The van der Waals surface area contributed by atoms with Gasteiger partial charge in [0.05, 0.1) is 22.5 Å². The number of ketones is 1. The maximum Gasteiger partial charge on any atom is 0.289 e. The van der Waals surface area contributed by atoms with E-state index in [4.69, 9.17) is 6.42 Å². The van der Waals surface area contributed by atoms with Crippen LogP contribution in [0.5, 0.6) is 0 Å². The lowest BCUT2D eigenvalue weighted by Gasteiger charge is -2.53. The molecule has 268 valence electrons. The summed E-state index contributed by atoms with van der Waals surface area (Å²) in [6, 6.07) is -1.96. The lowest BCUT2D eigenvalue weighted by atomic mass is 9.54. The quantitative estimate of drug-likeness (QED) is 0.160. The molecule has 9 nitrogen and oxygen atoms in total. The number of amides is 3. The highest BCUT2D eigenvalue weighted by atomic mass is 32.2. The van der Waals surface area contributed by atoms with Gasteiger partial charge in [0.25, 0.3) is 5.91 Å². The van der Waals surface area contributed by atoms with Crippen molar-refractivity contribution in [1.82, 2.24) is 15.5 Å². The van der Waals surface area contributed by atoms with Crippen molar-refractivity contribution >= 4 is 33.3 Å². The first-order chi connectivity index (χ1) is 22.4. The van der Waals surface area contributed by atoms with Crippen molar-refractivity contribution < 1.29 is 27.6 Å². The second-order valence-corrected chi connectivity index (χ2v) is 19.7. The largest absolute Gasteiger partial charge is 0.346 e. The fourth-order valence-electron chi connectivity index (χ4n) is 9.46. The molecule has 3 unspecified atom stereocenters. The van der Waals surface area contributed by atoms with Gasteiger partial charge in [0.2, 0.25) is 17.6 Å². The van der Waals surface area contributed by atoms with E-state index in [1.165, 1.54) is 6.08 Å². The van der Waals surface area contributed by atoms with Gasteiger partial charge in [-0.1, -0.05) is 65.4 Å². The molecule has 3 aliphatic carbocycles. The molecule has 5 atom stereocenters. The molecule has 4 rings (SSSR count). The van der Waals surface area contributed by atoms with Crippen LogP contribution in [0.15, 0.2) is 12.7 Å². The first kappa shape index (κ1) is 38.1. The average Bonchev–Trinajstić information content (AvgIpc) is 3.32. The van der Waals surface area contributed by atoms with E-state index in [0.717, 1.165) is 51.4 Å². The van der Waals surface area contributed by atoms with E-state index in [1.807, 2.05) is 0 Å². The van der Waals surface area contributed by atoms with Crippen LogP contribution in [0.1, 0.15) is 119 Å². The number of hydrogen-bond acceptors (Lipinski definition) is 6. The maximum absolute atomic E-state index is 15.4. The highest BCUT2D eigenvalue weighted by Gasteiger charge is 2.70. The van der Waals surface area contributed by atoms with E-state index in [0.29, 0.717) is 19.4 Å². The minimum Gasteiger partial charge on any atom is -0.346 e. The van der Waals surface area contributed by atoms with Gasteiger partial charge in [-0.2, -0.15) is 0 Å². The summed E-state index contributed by atoms with van der Waals surface area (Å²) in [4.78, 5) is 57.3. The third-order valence-electron chi connectivity index (χ3n) is 12.4. The SMILES string of the molecule is C#CCCC(NC(=O)[C@@H]1C2[C@H](CN1C(=O)C(C1(C)CCCCC1)C1(CS(=O)(=O)C(C)(C)C)CCCCC1)C2(C)C)C(=O)C(=O)NCC=C. The Morgan fingerprint density at radius 3 is 2.12 bits per heavy atom. The van der Waals surface area contributed by atoms with E-state index >= 15 is 4.79 Å². The average molecular weight is 686 g/mol. The highest BCUT2D eigenvalue weighted by Crippen LogP contribution is 2.66. The Morgan fingerprint density at radius 2 is 1.58 bits per heavy atom. The zero-order chi connectivity index (χ0) is 35.7. The van der Waals surface area contributed by atoms with Gasteiger partial charge in [0.1, 0.15) is 6.04 Å². The summed E-state index contributed by atoms with van der Waals surface area (Å²) in [5.41, 5.74) is -1.32. The second kappa shape index (κ2) is 14.3. The molecule has 0 spiro atoms. The zero-order valence-corrected chi connectivity index (χ0v) is 31.0. The van der Waals surface area contributed by atoms with Crippen molar-refractivity contribution in [3.63, 3.8) is 0 Å². The van der Waals surface area contributed by atoms with E-state index in [9.17, 15) is 22.8 Å². The van der Waals surface area contributed by atoms with Gasteiger partial charge in [-0.25, -0.2) is 8.42 Å². The summed E-state index contributed by atoms with van der Waals surface area (Å²) in [7, 11) is -3.57. The van der Waals surface area contributed by atoms with Gasteiger partial charge < -0.3 is 15.5 Å². The summed E-state index contributed by atoms with van der Waals surface area (Å²) in [5.74, 6) is -0.300. The van der Waals surface area contributed by atoms with Crippen LogP contribution in [0.2, 0.25) is 0 Å². The second-order valence-electron chi connectivity index (χ2n) is 17.0. The molecule has 1 heterocycles. The number of carbonyl (C=O) groups excluding carboxylic acids is 4. The van der Waals surface area contributed by atoms with Crippen LogP contribution in [-0.4, -0.2) is 72.5 Å². The van der Waals surface area contributed by atoms with Crippen molar-refractivity contribution in [1.29, 1.82) is 0 Å². The van der Waals surface area contributed by atoms with Gasteiger partial charge in [-0.15, -0.1) is 18.9 Å². The molecule has 4 aliphatic rings. The van der Waals surface area contributed by atoms with Gasteiger partial charge in [0.15, 0.2) is 9.84 Å². The molecular weight excluding hydrogens is 627 g/mol. The summed E-state index contributed by atoms with van der Waals surface area (Å²) >= 11 is 0. The first-order valence-corrected chi connectivity index (χ1v) is 19.7. The van der Waals surface area contributed by atoms with Gasteiger partial charge in [-0.05, 0) is 81.0 Å². The number of sulfone groups is 1. The molecule has 48 heavy (non-hydrogen) atoms. The number of piperidine rings is 1. The van der Waals surface area contributed by atoms with Crippen LogP contribution in [0, 0.1) is 46.3 Å². The van der Waals surface area contributed by atoms with Crippen LogP contribution in [-0.2, 0) is 29.0 Å². The topological polar surface area (TPSA) is 130 Å². The number of nitrogens with zero attached hydrogens (tertiary/aromatic N) is 1. The molecule has 0 bridgehead atoms. The Bertz CT molecular complexity index is 1410. The normalized spacial score (nSPS) is 27.0. The molecule has 1 aliphatic heterocycles. The first-order valence-electron chi connectivity index (χ1n) is 18.1. The van der Waals surface area contributed by atoms with E-state index < -0.39 is 61.0 Å². The molecule has 4 fully saturated rings. The molecule has 0 aromatic carbocycles. The summed E-state index contributed by atoms with van der Waals surface area (Å²) < 4.78 is 27.0. The van der Waals surface area contributed by atoms with Crippen molar-refractivity contribution in [2.45, 2.75) is 135 Å². The molecule has 0 aromatic rings. The van der Waals surface area contributed by atoms with Crippen molar-refractivity contribution in [2.24, 2.45) is 34.0 Å². The lowest BCUT2D eigenvalue weighted by Crippen LogP contribution is -2.60. The van der Waals surface area contributed by atoms with E-state index in [1.54, 1.807) is 25.7 Å². The van der Waals surface area contributed by atoms with Crippen LogP contribution in [0.4, 0.5) is 0 Å². The fourth-order valence-corrected chi connectivity index (χ4v) is 11.1. The molecule has 0 aromatic heterocycles. The van der Waals surface area contributed by atoms with Gasteiger partial charge >= 0.3 is 0 Å². The summed E-state index contributed by atoms with van der Waals surface area (Å²) in [5, 5.41) is 5.34. The summed E-state index contributed by atoms with van der Waals surface area (Å²) in [6.45, 7) is 15.7. The molecule has 3 amide bonds. The van der Waals surface area contributed by atoms with Crippen molar-refractivity contribution in [3.05, 3.63) is 12.7 Å². The minimum atomic E-state index is -3.57. The number of hydrogen-bond donors (Lipinski definition) is 2. The van der Waals surface area contributed by atoms with Crippen LogP contribution in [0.25, 0.3) is 0 Å². The zero-order valence-electron chi connectivity index (χ0n) is 30.2. The molecule has 10 heteroatoms. The van der Waals surface area contributed by atoms with Crippen LogP contribution < -0.4 is 10.6 Å². The number of Topliss-reactive ketones (excluding diaryl/α,β-unsaturated/α-hetero) is 1. The van der Waals surface area contributed by atoms with Crippen LogP contribution >= 0.6 is 0 Å². The minimum absolute atomic E-state index is 0.0406. The molecule has 1 saturated heterocycles.